The zero-order valence-corrected chi connectivity index (χ0v) is 15.2. The fourth-order valence-corrected chi connectivity index (χ4v) is 4.71. The lowest BCUT2D eigenvalue weighted by Gasteiger charge is -2.32. The third-order valence-corrected chi connectivity index (χ3v) is 6.01. The fourth-order valence-electron chi connectivity index (χ4n) is 4.71. The minimum absolute atomic E-state index is 0.0134. The van der Waals surface area contributed by atoms with Gasteiger partial charge in [-0.2, -0.15) is 0 Å². The number of benzene rings is 1. The Morgan fingerprint density at radius 2 is 2.04 bits per heavy atom. The maximum atomic E-state index is 12.9. The first-order valence-corrected chi connectivity index (χ1v) is 9.43. The lowest BCUT2D eigenvalue weighted by molar-refractivity contribution is -0.143. The molecule has 1 aromatic heterocycles. The molecule has 0 N–H and O–H groups in total. The summed E-state index contributed by atoms with van der Waals surface area (Å²) < 4.78 is 7.72. The van der Waals surface area contributed by atoms with E-state index in [0.29, 0.717) is 19.5 Å². The van der Waals surface area contributed by atoms with Gasteiger partial charge in [0, 0.05) is 25.4 Å². The van der Waals surface area contributed by atoms with Crippen LogP contribution in [0.15, 0.2) is 53.6 Å². The van der Waals surface area contributed by atoms with Crippen molar-refractivity contribution in [2.45, 2.75) is 37.3 Å². The first kappa shape index (κ1) is 17.1. The second-order valence-electron chi connectivity index (χ2n) is 7.45. The van der Waals surface area contributed by atoms with Crippen LogP contribution in [0.25, 0.3) is 0 Å². The smallest absolute Gasteiger partial charge is 0.343 e. The van der Waals surface area contributed by atoms with Crippen molar-refractivity contribution < 1.29 is 14.3 Å². The molecule has 1 aromatic carbocycles. The number of hydrogen-bond acceptors (Lipinski definition) is 5. The molecule has 3 saturated heterocycles. The highest BCUT2D eigenvalue weighted by atomic mass is 16.5. The molecule has 0 aliphatic carbocycles. The number of hydrogen-bond donors (Lipinski definition) is 0. The molecule has 8 nitrogen and oxygen atoms in total. The Balaban J connectivity index is 1.39. The molecular weight excluding hydrogens is 360 g/mol. The molecule has 28 heavy (non-hydrogen) atoms. The quantitative estimate of drug-likeness (QED) is 0.776. The molecule has 3 fully saturated rings. The monoisotopic (exact) mass is 380 g/mol. The number of aromatic nitrogens is 2. The maximum Gasteiger partial charge on any atom is 0.347 e. The minimum Gasteiger partial charge on any atom is -0.343 e. The first-order chi connectivity index (χ1) is 13.6. The number of carbonyl (C=O) groups is 2. The Morgan fingerprint density at radius 3 is 2.82 bits per heavy atom. The molecule has 8 heteroatoms. The van der Waals surface area contributed by atoms with Gasteiger partial charge < -0.3 is 14.5 Å². The van der Waals surface area contributed by atoms with Gasteiger partial charge in [0.2, 0.25) is 11.8 Å². The molecule has 144 valence electrons. The molecule has 4 heterocycles. The van der Waals surface area contributed by atoms with Gasteiger partial charge in [0.1, 0.15) is 12.6 Å². The van der Waals surface area contributed by atoms with E-state index in [4.69, 9.17) is 4.74 Å². The molecular formula is C20H20N4O4. The summed E-state index contributed by atoms with van der Waals surface area (Å²) in [4.78, 5) is 44.6. The summed E-state index contributed by atoms with van der Waals surface area (Å²) in [6.45, 7) is 0.919. The van der Waals surface area contributed by atoms with Gasteiger partial charge in [-0.1, -0.05) is 30.3 Å². The molecule has 5 rings (SSSR count). The highest BCUT2D eigenvalue weighted by Crippen LogP contribution is 2.50. The van der Waals surface area contributed by atoms with Crippen molar-refractivity contribution in [2.75, 3.05) is 13.1 Å². The average molecular weight is 380 g/mol. The predicted molar refractivity (Wildman–Crippen MR) is 97.9 cm³/mol. The van der Waals surface area contributed by atoms with Gasteiger partial charge in [-0.3, -0.25) is 14.2 Å². The van der Waals surface area contributed by atoms with Crippen LogP contribution in [-0.2, 0) is 20.9 Å². The third-order valence-electron chi connectivity index (χ3n) is 6.01. The van der Waals surface area contributed by atoms with Crippen molar-refractivity contribution in [3.63, 3.8) is 0 Å². The van der Waals surface area contributed by atoms with Crippen molar-refractivity contribution in [3.05, 3.63) is 64.8 Å². The summed E-state index contributed by atoms with van der Waals surface area (Å²) in [6.07, 6.45) is 3.60. The van der Waals surface area contributed by atoms with Crippen molar-refractivity contribution in [2.24, 2.45) is 0 Å². The van der Waals surface area contributed by atoms with Crippen LogP contribution < -0.4 is 5.69 Å². The summed E-state index contributed by atoms with van der Waals surface area (Å²) in [5.74, 6) is -0.183. The van der Waals surface area contributed by atoms with Gasteiger partial charge in [-0.25, -0.2) is 9.78 Å². The van der Waals surface area contributed by atoms with Crippen molar-refractivity contribution in [3.8, 4) is 0 Å². The predicted octanol–water partition coefficient (Wildman–Crippen LogP) is 0.544. The van der Waals surface area contributed by atoms with Crippen molar-refractivity contribution in [1.29, 1.82) is 0 Å². The van der Waals surface area contributed by atoms with E-state index in [-0.39, 0.29) is 36.9 Å². The van der Waals surface area contributed by atoms with Crippen LogP contribution in [0.1, 0.15) is 24.5 Å². The van der Waals surface area contributed by atoms with E-state index in [1.54, 1.807) is 22.1 Å². The van der Waals surface area contributed by atoms with E-state index in [1.165, 1.54) is 10.8 Å². The number of rotatable bonds is 3. The Bertz CT molecular complexity index is 991. The van der Waals surface area contributed by atoms with Crippen molar-refractivity contribution in [1.82, 2.24) is 19.4 Å². The van der Waals surface area contributed by atoms with Gasteiger partial charge in [-0.15, -0.1) is 0 Å². The Kier molecular flexibility index (Phi) is 3.83. The Hall–Kier alpha value is -3.00. The molecule has 2 aromatic rings. The number of amides is 2. The van der Waals surface area contributed by atoms with Gasteiger partial charge in [0.05, 0.1) is 19.0 Å². The summed E-state index contributed by atoms with van der Waals surface area (Å²) >= 11 is 0. The van der Waals surface area contributed by atoms with E-state index in [1.807, 2.05) is 30.3 Å². The van der Waals surface area contributed by atoms with Crippen LogP contribution in [0.3, 0.4) is 0 Å². The zero-order chi connectivity index (χ0) is 19.3. The Labute approximate surface area is 161 Å². The molecule has 1 spiro atoms. The number of nitrogens with zero attached hydrogens (tertiary/aromatic N) is 4. The normalized spacial score (nSPS) is 28.5. The zero-order valence-electron chi connectivity index (χ0n) is 15.2. The molecule has 2 amide bonds. The molecule has 0 saturated carbocycles. The first-order valence-electron chi connectivity index (χ1n) is 9.43. The van der Waals surface area contributed by atoms with Gasteiger partial charge >= 0.3 is 5.69 Å². The van der Waals surface area contributed by atoms with E-state index < -0.39 is 11.4 Å². The SMILES string of the molecule is O=C(Cn1cccnc1=O)N1CC[C@@]23O[C@@H](c4ccccc4)CN2C(=O)C[C@@H]13. The fraction of sp³-hybridized carbons (Fsp3) is 0.400. The van der Waals surface area contributed by atoms with Crippen LogP contribution in [-0.4, -0.2) is 56.0 Å². The van der Waals surface area contributed by atoms with E-state index in [2.05, 4.69) is 4.98 Å². The van der Waals surface area contributed by atoms with Crippen LogP contribution in [0.4, 0.5) is 0 Å². The molecule has 3 aliphatic heterocycles. The summed E-state index contributed by atoms with van der Waals surface area (Å²) in [6, 6.07) is 11.1. The Morgan fingerprint density at radius 1 is 1.21 bits per heavy atom. The van der Waals surface area contributed by atoms with Crippen LogP contribution in [0, 0.1) is 0 Å². The van der Waals surface area contributed by atoms with E-state index in [9.17, 15) is 14.4 Å². The summed E-state index contributed by atoms with van der Waals surface area (Å²) in [5, 5.41) is 0. The second-order valence-corrected chi connectivity index (χ2v) is 7.45. The molecule has 3 aliphatic rings. The van der Waals surface area contributed by atoms with Gasteiger partial charge in [0.25, 0.3) is 0 Å². The average Bonchev–Trinajstić information content (AvgIpc) is 3.33. The molecule has 0 radical (unpaired) electrons. The lowest BCUT2D eigenvalue weighted by Crippen LogP contribution is -2.49. The third kappa shape index (κ3) is 2.48. The number of carbonyl (C=O) groups excluding carboxylic acids is 2. The second kappa shape index (κ2) is 6.27. The lowest BCUT2D eigenvalue weighted by atomic mass is 10.1. The minimum atomic E-state index is -0.757. The van der Waals surface area contributed by atoms with Crippen molar-refractivity contribution >= 4 is 11.8 Å². The topological polar surface area (TPSA) is 84.7 Å². The number of likely N-dealkylation sites (tertiary alicyclic amines) is 1. The van der Waals surface area contributed by atoms with Crippen LogP contribution in [0.5, 0.6) is 0 Å². The molecule has 0 unspecified atom stereocenters. The summed E-state index contributed by atoms with van der Waals surface area (Å²) in [5.41, 5.74) is -0.188. The number of ether oxygens (including phenoxy) is 1. The van der Waals surface area contributed by atoms with E-state index >= 15 is 0 Å². The molecule has 3 atom stereocenters. The van der Waals surface area contributed by atoms with E-state index in [0.717, 1.165) is 5.56 Å². The van der Waals surface area contributed by atoms with Gasteiger partial charge in [-0.05, 0) is 11.6 Å². The maximum absolute atomic E-state index is 12.9. The van der Waals surface area contributed by atoms with Crippen LogP contribution in [0.2, 0.25) is 0 Å². The largest absolute Gasteiger partial charge is 0.347 e. The highest BCUT2D eigenvalue weighted by molar-refractivity contribution is 5.84. The van der Waals surface area contributed by atoms with Crippen LogP contribution >= 0.6 is 0 Å². The standard InChI is InChI=1S/C20H20N4O4/c25-17-11-16-20(24(17)12-15(28-20)14-5-2-1-3-6-14)7-10-23(16)18(26)13-22-9-4-8-21-19(22)27/h1-6,8-9,15-16H,7,10-13H2/t15-,16-,20+/m1/s1. The molecule has 0 bridgehead atoms. The van der Waals surface area contributed by atoms with Gasteiger partial charge in [0.15, 0.2) is 5.72 Å². The summed E-state index contributed by atoms with van der Waals surface area (Å²) in [7, 11) is 0. The highest BCUT2D eigenvalue weighted by Gasteiger charge is 2.64.